The van der Waals surface area contributed by atoms with Gasteiger partial charge in [-0.3, -0.25) is 4.79 Å². The van der Waals surface area contributed by atoms with Gasteiger partial charge in [0.15, 0.2) is 12.4 Å². The molecule has 3 nitrogen and oxygen atoms in total. The lowest BCUT2D eigenvalue weighted by atomic mass is 10.1. The quantitative estimate of drug-likeness (QED) is 0.787. The molecule has 0 spiro atoms. The predicted octanol–water partition coefficient (Wildman–Crippen LogP) is 3.67. The topological polar surface area (TPSA) is 29.5 Å². The largest absolute Gasteiger partial charge is 0.485 e. The average molecular weight is 290 g/mol. The normalized spacial score (nSPS) is 10.2. The van der Waals surface area contributed by atoms with Gasteiger partial charge in [0, 0.05) is 36.4 Å². The number of rotatable bonds is 5. The molecule has 0 aromatic heterocycles. The zero-order valence-electron chi connectivity index (χ0n) is 11.5. The third-order valence-corrected chi connectivity index (χ3v) is 3.09. The van der Waals surface area contributed by atoms with Crippen LogP contribution in [0.25, 0.3) is 0 Å². The molecule has 0 atom stereocenters. The molecule has 0 radical (unpaired) electrons. The molecule has 0 heterocycles. The van der Waals surface area contributed by atoms with Gasteiger partial charge in [-0.05, 0) is 24.3 Å². The molecular weight excluding hydrogens is 274 g/mol. The summed E-state index contributed by atoms with van der Waals surface area (Å²) in [5, 5.41) is 0.547. The van der Waals surface area contributed by atoms with Crippen molar-refractivity contribution in [3.8, 4) is 5.75 Å². The first-order valence-corrected chi connectivity index (χ1v) is 6.63. The summed E-state index contributed by atoms with van der Waals surface area (Å²) < 4.78 is 5.53. The van der Waals surface area contributed by atoms with Crippen molar-refractivity contribution in [3.63, 3.8) is 0 Å². The molecule has 0 saturated heterocycles. The van der Waals surface area contributed by atoms with Crippen LogP contribution in [0.1, 0.15) is 10.4 Å². The SMILES string of the molecule is CN(C)c1cccc(OCC(=O)c2cccc(Cl)c2)c1. The van der Waals surface area contributed by atoms with E-state index < -0.39 is 0 Å². The van der Waals surface area contributed by atoms with Gasteiger partial charge in [0.1, 0.15) is 5.75 Å². The lowest BCUT2D eigenvalue weighted by Crippen LogP contribution is -2.12. The Morgan fingerprint density at radius 2 is 1.90 bits per heavy atom. The van der Waals surface area contributed by atoms with E-state index in [9.17, 15) is 4.79 Å². The van der Waals surface area contributed by atoms with Gasteiger partial charge in [-0.1, -0.05) is 29.8 Å². The van der Waals surface area contributed by atoms with Crippen LogP contribution in [-0.2, 0) is 0 Å². The number of hydrogen-bond acceptors (Lipinski definition) is 3. The number of carbonyl (C=O) groups excluding carboxylic acids is 1. The van der Waals surface area contributed by atoms with E-state index in [2.05, 4.69) is 0 Å². The Morgan fingerprint density at radius 1 is 1.15 bits per heavy atom. The summed E-state index contributed by atoms with van der Waals surface area (Å²) in [6.45, 7) is -0.00275. The number of Topliss-reactive ketones (excluding diaryl/α,β-unsaturated/α-hetero) is 1. The average Bonchev–Trinajstić information content (AvgIpc) is 2.45. The lowest BCUT2D eigenvalue weighted by molar-refractivity contribution is 0.0921. The van der Waals surface area contributed by atoms with Crippen LogP contribution in [0.3, 0.4) is 0 Å². The van der Waals surface area contributed by atoms with Crippen LogP contribution < -0.4 is 9.64 Å². The Hall–Kier alpha value is -2.00. The molecular formula is C16H16ClNO2. The summed E-state index contributed by atoms with van der Waals surface area (Å²) in [7, 11) is 3.91. The van der Waals surface area contributed by atoms with Gasteiger partial charge < -0.3 is 9.64 Å². The van der Waals surface area contributed by atoms with Crippen molar-refractivity contribution in [2.45, 2.75) is 0 Å². The van der Waals surface area contributed by atoms with Gasteiger partial charge in [-0.25, -0.2) is 0 Å². The number of ketones is 1. The van der Waals surface area contributed by atoms with Crippen molar-refractivity contribution >= 4 is 23.1 Å². The molecule has 0 unspecified atom stereocenters. The summed E-state index contributed by atoms with van der Waals surface area (Å²) in [6.07, 6.45) is 0. The van der Waals surface area contributed by atoms with E-state index in [-0.39, 0.29) is 12.4 Å². The van der Waals surface area contributed by atoms with Crippen LogP contribution >= 0.6 is 11.6 Å². The number of anilines is 1. The third kappa shape index (κ3) is 3.75. The Kier molecular flexibility index (Phi) is 4.64. The molecule has 0 bridgehead atoms. The van der Waals surface area contributed by atoms with Crippen LogP contribution in [0.15, 0.2) is 48.5 Å². The van der Waals surface area contributed by atoms with E-state index in [1.807, 2.05) is 43.3 Å². The molecule has 0 aliphatic heterocycles. The van der Waals surface area contributed by atoms with Crippen molar-refractivity contribution < 1.29 is 9.53 Å². The molecule has 4 heteroatoms. The summed E-state index contributed by atoms with van der Waals surface area (Å²) in [5.41, 5.74) is 1.58. The Balaban J connectivity index is 2.02. The van der Waals surface area contributed by atoms with E-state index in [4.69, 9.17) is 16.3 Å². The monoisotopic (exact) mass is 289 g/mol. The van der Waals surface area contributed by atoms with Gasteiger partial charge in [0.25, 0.3) is 0 Å². The fourth-order valence-electron chi connectivity index (χ4n) is 1.75. The molecule has 0 aliphatic carbocycles. The van der Waals surface area contributed by atoms with Gasteiger partial charge >= 0.3 is 0 Å². The molecule has 2 aromatic rings. The zero-order chi connectivity index (χ0) is 14.5. The van der Waals surface area contributed by atoms with E-state index >= 15 is 0 Å². The number of halogens is 1. The highest BCUT2D eigenvalue weighted by atomic mass is 35.5. The second kappa shape index (κ2) is 6.44. The molecule has 20 heavy (non-hydrogen) atoms. The maximum Gasteiger partial charge on any atom is 0.200 e. The standard InChI is InChI=1S/C16H16ClNO2/c1-18(2)14-7-4-8-15(10-14)20-11-16(19)12-5-3-6-13(17)9-12/h3-10H,11H2,1-2H3. The van der Waals surface area contributed by atoms with E-state index in [1.165, 1.54) is 0 Å². The number of hydrogen-bond donors (Lipinski definition) is 0. The first kappa shape index (κ1) is 14.4. The number of carbonyl (C=O) groups is 1. The Labute approximate surface area is 123 Å². The van der Waals surface area contributed by atoms with Crippen molar-refractivity contribution in [2.24, 2.45) is 0 Å². The second-order valence-corrected chi connectivity index (χ2v) is 5.05. The molecule has 104 valence electrons. The first-order valence-electron chi connectivity index (χ1n) is 6.25. The van der Waals surface area contributed by atoms with E-state index in [1.54, 1.807) is 24.3 Å². The van der Waals surface area contributed by atoms with Crippen LogP contribution in [0.5, 0.6) is 5.75 Å². The van der Waals surface area contributed by atoms with Crippen molar-refractivity contribution in [3.05, 3.63) is 59.1 Å². The van der Waals surface area contributed by atoms with E-state index in [0.717, 1.165) is 5.69 Å². The molecule has 0 aliphatic rings. The maximum absolute atomic E-state index is 12.0. The highest BCUT2D eigenvalue weighted by Gasteiger charge is 2.07. The molecule has 2 rings (SSSR count). The van der Waals surface area contributed by atoms with Crippen molar-refractivity contribution in [1.82, 2.24) is 0 Å². The summed E-state index contributed by atoms with van der Waals surface area (Å²) in [4.78, 5) is 14.0. The van der Waals surface area contributed by atoms with Crippen molar-refractivity contribution in [1.29, 1.82) is 0 Å². The highest BCUT2D eigenvalue weighted by Crippen LogP contribution is 2.19. The summed E-state index contributed by atoms with van der Waals surface area (Å²) in [5.74, 6) is 0.578. The zero-order valence-corrected chi connectivity index (χ0v) is 12.2. The molecule has 0 fully saturated rings. The van der Waals surface area contributed by atoms with Crippen LogP contribution in [0.2, 0.25) is 5.02 Å². The number of benzene rings is 2. The highest BCUT2D eigenvalue weighted by molar-refractivity contribution is 6.31. The van der Waals surface area contributed by atoms with Crippen LogP contribution in [0, 0.1) is 0 Å². The smallest absolute Gasteiger partial charge is 0.200 e. The second-order valence-electron chi connectivity index (χ2n) is 4.61. The van der Waals surface area contributed by atoms with E-state index in [0.29, 0.717) is 16.3 Å². The minimum atomic E-state index is -0.0947. The predicted molar refractivity (Wildman–Crippen MR) is 82.0 cm³/mol. The maximum atomic E-state index is 12.0. The molecule has 2 aromatic carbocycles. The minimum Gasteiger partial charge on any atom is -0.485 e. The van der Waals surface area contributed by atoms with Gasteiger partial charge in [-0.15, -0.1) is 0 Å². The Bertz CT molecular complexity index is 611. The van der Waals surface area contributed by atoms with Gasteiger partial charge in [0.05, 0.1) is 0 Å². The van der Waals surface area contributed by atoms with Crippen LogP contribution in [-0.4, -0.2) is 26.5 Å². The Morgan fingerprint density at radius 3 is 2.60 bits per heavy atom. The minimum absolute atomic E-state index is 0.00275. The molecule has 0 amide bonds. The van der Waals surface area contributed by atoms with Gasteiger partial charge in [-0.2, -0.15) is 0 Å². The number of nitrogens with zero attached hydrogens (tertiary/aromatic N) is 1. The lowest BCUT2D eigenvalue weighted by Gasteiger charge is -2.13. The van der Waals surface area contributed by atoms with Gasteiger partial charge in [0.2, 0.25) is 0 Å². The fourth-order valence-corrected chi connectivity index (χ4v) is 1.94. The fraction of sp³-hybridized carbons (Fsp3) is 0.188. The summed E-state index contributed by atoms with van der Waals surface area (Å²) >= 11 is 5.86. The third-order valence-electron chi connectivity index (χ3n) is 2.85. The molecule has 0 N–H and O–H groups in total. The molecule has 0 saturated carbocycles. The van der Waals surface area contributed by atoms with Crippen LogP contribution in [0.4, 0.5) is 5.69 Å². The summed E-state index contributed by atoms with van der Waals surface area (Å²) in [6, 6.07) is 14.5. The van der Waals surface area contributed by atoms with Crippen molar-refractivity contribution in [2.75, 3.05) is 25.6 Å². The number of ether oxygens (including phenoxy) is 1. The first-order chi connectivity index (χ1) is 9.56.